The predicted molar refractivity (Wildman–Crippen MR) is 120 cm³/mol. The van der Waals surface area contributed by atoms with Crippen LogP contribution in [0.3, 0.4) is 0 Å². The fraction of sp³-hybridized carbons (Fsp3) is 0.680. The quantitative estimate of drug-likeness (QED) is 0.592. The fourth-order valence-electron chi connectivity index (χ4n) is 5.14. The molecule has 1 amide bonds. The third-order valence-electron chi connectivity index (χ3n) is 7.07. The molecule has 0 radical (unpaired) electrons. The van der Waals surface area contributed by atoms with E-state index in [-0.39, 0.29) is 6.04 Å². The monoisotopic (exact) mass is 424 g/mol. The van der Waals surface area contributed by atoms with Crippen LogP contribution in [0.5, 0.6) is 0 Å². The third-order valence-corrected chi connectivity index (χ3v) is 7.07. The number of amides is 1. The number of likely N-dealkylation sites (tertiary alicyclic amines) is 1. The van der Waals surface area contributed by atoms with Gasteiger partial charge in [-0.25, -0.2) is 9.97 Å². The molecular formula is C25H36N4O2. The molecule has 31 heavy (non-hydrogen) atoms. The predicted octanol–water partition coefficient (Wildman–Crippen LogP) is 5.72. The molecule has 2 aromatic rings. The number of piperidine rings is 1. The second-order valence-electron chi connectivity index (χ2n) is 9.36. The number of hydrogen-bond donors (Lipinski definition) is 0. The molecule has 0 aromatic carbocycles. The molecule has 168 valence electrons. The number of carbonyl (C=O) groups is 1. The minimum atomic E-state index is -0.0109. The van der Waals surface area contributed by atoms with Crippen LogP contribution >= 0.6 is 0 Å². The van der Waals surface area contributed by atoms with Gasteiger partial charge in [0.25, 0.3) is 0 Å². The Morgan fingerprint density at radius 3 is 2.61 bits per heavy atom. The highest BCUT2D eigenvalue weighted by Gasteiger charge is 2.33. The SMILES string of the molecule is CCCc1ncc(-c2onc(C)c2C)c(C2CCCCN2C(=O)CC2CCCCC2)n1. The molecule has 2 aromatic heterocycles. The van der Waals surface area contributed by atoms with Crippen LogP contribution in [0.15, 0.2) is 10.7 Å². The number of aromatic nitrogens is 3. The summed E-state index contributed by atoms with van der Waals surface area (Å²) in [6.45, 7) is 6.94. The van der Waals surface area contributed by atoms with Crippen LogP contribution in [0.2, 0.25) is 0 Å². The number of rotatable bonds is 6. The number of hydrogen-bond acceptors (Lipinski definition) is 5. The normalized spacial score (nSPS) is 20.2. The maximum atomic E-state index is 13.4. The van der Waals surface area contributed by atoms with E-state index in [1.165, 1.54) is 32.1 Å². The Morgan fingerprint density at radius 1 is 1.13 bits per heavy atom. The highest BCUT2D eigenvalue weighted by molar-refractivity contribution is 5.77. The molecule has 1 aliphatic heterocycles. The van der Waals surface area contributed by atoms with Gasteiger partial charge in [0.1, 0.15) is 5.82 Å². The summed E-state index contributed by atoms with van der Waals surface area (Å²) >= 11 is 0. The molecule has 2 aliphatic rings. The van der Waals surface area contributed by atoms with E-state index in [1.807, 2.05) is 20.0 Å². The van der Waals surface area contributed by atoms with Crippen molar-refractivity contribution >= 4 is 5.91 Å². The van der Waals surface area contributed by atoms with Gasteiger partial charge < -0.3 is 9.42 Å². The molecule has 1 aliphatic carbocycles. The summed E-state index contributed by atoms with van der Waals surface area (Å²) in [7, 11) is 0. The number of nitrogens with zero attached hydrogens (tertiary/aromatic N) is 4. The van der Waals surface area contributed by atoms with E-state index in [4.69, 9.17) is 9.51 Å². The van der Waals surface area contributed by atoms with Gasteiger partial charge >= 0.3 is 0 Å². The fourth-order valence-corrected chi connectivity index (χ4v) is 5.14. The first-order chi connectivity index (χ1) is 15.1. The van der Waals surface area contributed by atoms with Crippen molar-refractivity contribution in [3.05, 3.63) is 29.0 Å². The summed E-state index contributed by atoms with van der Waals surface area (Å²) in [4.78, 5) is 25.1. The Labute approximate surface area is 185 Å². The zero-order valence-electron chi connectivity index (χ0n) is 19.3. The second kappa shape index (κ2) is 9.92. The van der Waals surface area contributed by atoms with Gasteiger partial charge in [0.15, 0.2) is 5.76 Å². The maximum Gasteiger partial charge on any atom is 0.223 e. The van der Waals surface area contributed by atoms with E-state index in [2.05, 4.69) is 22.0 Å². The van der Waals surface area contributed by atoms with Gasteiger partial charge in [-0.05, 0) is 58.3 Å². The molecule has 3 heterocycles. The summed E-state index contributed by atoms with van der Waals surface area (Å²) in [5.41, 5.74) is 3.73. The summed E-state index contributed by atoms with van der Waals surface area (Å²) < 4.78 is 5.70. The van der Waals surface area contributed by atoms with Crippen molar-refractivity contribution in [2.75, 3.05) is 6.54 Å². The topological polar surface area (TPSA) is 72.1 Å². The highest BCUT2D eigenvalue weighted by Crippen LogP contribution is 2.38. The Bertz CT molecular complexity index is 901. The van der Waals surface area contributed by atoms with Gasteiger partial charge in [-0.1, -0.05) is 31.3 Å². The van der Waals surface area contributed by atoms with Gasteiger partial charge in [0.2, 0.25) is 5.91 Å². The van der Waals surface area contributed by atoms with Crippen molar-refractivity contribution in [2.45, 2.75) is 97.4 Å². The minimum absolute atomic E-state index is 0.0109. The lowest BCUT2D eigenvalue weighted by Gasteiger charge is -2.37. The Hall–Kier alpha value is -2.24. The summed E-state index contributed by atoms with van der Waals surface area (Å²) in [6, 6.07) is -0.0109. The van der Waals surface area contributed by atoms with Crippen molar-refractivity contribution in [2.24, 2.45) is 5.92 Å². The smallest absolute Gasteiger partial charge is 0.223 e. The van der Waals surface area contributed by atoms with Crippen molar-refractivity contribution in [3.8, 4) is 11.3 Å². The standard InChI is InChI=1S/C25H36N4O2/c1-4-10-22-26-16-20(25-17(2)18(3)28-31-25)24(27-22)21-13-8-9-14-29(21)23(30)15-19-11-6-5-7-12-19/h16,19,21H,4-15H2,1-3H3. The average Bonchev–Trinajstić information content (AvgIpc) is 3.13. The molecule has 1 saturated heterocycles. The Kier molecular flexibility index (Phi) is 7.03. The van der Waals surface area contributed by atoms with Crippen LogP contribution in [0.25, 0.3) is 11.3 Å². The average molecular weight is 425 g/mol. The molecule has 6 nitrogen and oxygen atoms in total. The molecule has 0 spiro atoms. The van der Waals surface area contributed by atoms with Crippen LogP contribution in [0, 0.1) is 19.8 Å². The van der Waals surface area contributed by atoms with E-state index in [0.29, 0.717) is 18.2 Å². The lowest BCUT2D eigenvalue weighted by molar-refractivity contribution is -0.136. The van der Waals surface area contributed by atoms with Crippen LogP contribution < -0.4 is 0 Å². The molecule has 0 bridgehead atoms. The number of aryl methyl sites for hydroxylation is 2. The summed E-state index contributed by atoms with van der Waals surface area (Å²) in [5, 5.41) is 4.16. The molecular weight excluding hydrogens is 388 g/mol. The van der Waals surface area contributed by atoms with Gasteiger partial charge in [-0.2, -0.15) is 0 Å². The van der Waals surface area contributed by atoms with E-state index in [9.17, 15) is 4.79 Å². The molecule has 2 fully saturated rings. The molecule has 0 N–H and O–H groups in total. The zero-order valence-corrected chi connectivity index (χ0v) is 19.3. The lowest BCUT2D eigenvalue weighted by atomic mass is 9.86. The van der Waals surface area contributed by atoms with Crippen LogP contribution in [-0.4, -0.2) is 32.5 Å². The lowest BCUT2D eigenvalue weighted by Crippen LogP contribution is -2.40. The van der Waals surface area contributed by atoms with Crippen molar-refractivity contribution in [1.82, 2.24) is 20.0 Å². The van der Waals surface area contributed by atoms with Gasteiger partial charge in [-0.3, -0.25) is 4.79 Å². The first kappa shape index (κ1) is 22.0. The van der Waals surface area contributed by atoms with Gasteiger partial charge in [0.05, 0.1) is 23.0 Å². The van der Waals surface area contributed by atoms with Crippen molar-refractivity contribution in [3.63, 3.8) is 0 Å². The van der Waals surface area contributed by atoms with E-state index >= 15 is 0 Å². The van der Waals surface area contributed by atoms with Crippen molar-refractivity contribution < 1.29 is 9.32 Å². The van der Waals surface area contributed by atoms with Crippen LogP contribution in [0.1, 0.15) is 99.9 Å². The molecule has 1 atom stereocenters. The van der Waals surface area contributed by atoms with E-state index < -0.39 is 0 Å². The van der Waals surface area contributed by atoms with Crippen LogP contribution in [0.4, 0.5) is 0 Å². The van der Waals surface area contributed by atoms with E-state index in [0.717, 1.165) is 72.7 Å². The summed E-state index contributed by atoms with van der Waals surface area (Å²) in [6.07, 6.45) is 13.8. The summed E-state index contributed by atoms with van der Waals surface area (Å²) in [5.74, 6) is 2.42. The molecule has 4 rings (SSSR count). The largest absolute Gasteiger partial charge is 0.356 e. The number of carbonyl (C=O) groups excluding carboxylic acids is 1. The van der Waals surface area contributed by atoms with Crippen molar-refractivity contribution in [1.29, 1.82) is 0 Å². The molecule has 6 heteroatoms. The van der Waals surface area contributed by atoms with E-state index in [1.54, 1.807) is 0 Å². The Morgan fingerprint density at radius 2 is 1.90 bits per heavy atom. The third kappa shape index (κ3) is 4.83. The highest BCUT2D eigenvalue weighted by atomic mass is 16.5. The molecule has 1 unspecified atom stereocenters. The molecule has 1 saturated carbocycles. The maximum absolute atomic E-state index is 13.4. The Balaban J connectivity index is 1.67. The van der Waals surface area contributed by atoms with Crippen LogP contribution in [-0.2, 0) is 11.2 Å². The second-order valence-corrected chi connectivity index (χ2v) is 9.36. The first-order valence-corrected chi connectivity index (χ1v) is 12.2. The minimum Gasteiger partial charge on any atom is -0.356 e. The van der Waals surface area contributed by atoms with Gasteiger partial charge in [-0.15, -0.1) is 0 Å². The van der Waals surface area contributed by atoms with Gasteiger partial charge in [0, 0.05) is 31.1 Å². The zero-order chi connectivity index (χ0) is 21.8. The first-order valence-electron chi connectivity index (χ1n) is 12.2.